The molecule has 1 heterocycles. The third-order valence-electron chi connectivity index (χ3n) is 2.72. The van der Waals surface area contributed by atoms with Gasteiger partial charge < -0.3 is 4.57 Å². The van der Waals surface area contributed by atoms with Gasteiger partial charge in [0.25, 0.3) is 9.05 Å². The van der Waals surface area contributed by atoms with Crippen molar-refractivity contribution in [3.05, 3.63) is 47.4 Å². The molecule has 0 N–H and O–H groups in total. The SMILES string of the molecule is Cc1ccc(C)c(Cn2cnc(S(=O)(=O)Cl)c2)c1. The van der Waals surface area contributed by atoms with Gasteiger partial charge in [-0.3, -0.25) is 0 Å². The van der Waals surface area contributed by atoms with Crippen molar-refractivity contribution in [2.75, 3.05) is 0 Å². The zero-order valence-electron chi connectivity index (χ0n) is 10.1. The van der Waals surface area contributed by atoms with Gasteiger partial charge >= 0.3 is 0 Å². The van der Waals surface area contributed by atoms with Crippen molar-refractivity contribution in [2.45, 2.75) is 25.4 Å². The minimum atomic E-state index is -3.75. The second kappa shape index (κ2) is 4.74. The molecule has 0 atom stereocenters. The Morgan fingerprint density at radius 2 is 2.06 bits per heavy atom. The lowest BCUT2D eigenvalue weighted by atomic mass is 10.1. The molecule has 18 heavy (non-hydrogen) atoms. The Balaban J connectivity index is 2.29. The average Bonchev–Trinajstić information content (AvgIpc) is 2.71. The normalized spacial score (nSPS) is 11.7. The Labute approximate surface area is 111 Å². The standard InChI is InChI=1S/C12H13ClN2O2S/c1-9-3-4-10(2)11(5-9)6-15-7-12(14-8-15)18(13,16)17/h3-5,7-8H,6H2,1-2H3. The molecule has 0 aliphatic carbocycles. The van der Waals surface area contributed by atoms with E-state index in [1.165, 1.54) is 18.1 Å². The van der Waals surface area contributed by atoms with Crippen molar-refractivity contribution in [1.29, 1.82) is 0 Å². The number of imidazole rings is 1. The molecule has 1 aromatic heterocycles. The molecule has 0 aliphatic heterocycles. The largest absolute Gasteiger partial charge is 0.332 e. The molecule has 0 radical (unpaired) electrons. The molecule has 1 aromatic carbocycles. The van der Waals surface area contributed by atoms with E-state index >= 15 is 0 Å². The number of aryl methyl sites for hydroxylation is 2. The highest BCUT2D eigenvalue weighted by atomic mass is 35.7. The fourth-order valence-electron chi connectivity index (χ4n) is 1.72. The lowest BCUT2D eigenvalue weighted by molar-refractivity contribution is 0.606. The van der Waals surface area contributed by atoms with Crippen molar-refractivity contribution in [1.82, 2.24) is 9.55 Å². The Morgan fingerprint density at radius 1 is 1.33 bits per heavy atom. The van der Waals surface area contributed by atoms with Crippen LogP contribution in [-0.2, 0) is 15.6 Å². The van der Waals surface area contributed by atoms with Crippen LogP contribution < -0.4 is 0 Å². The Morgan fingerprint density at radius 3 is 2.67 bits per heavy atom. The molecule has 0 unspecified atom stereocenters. The van der Waals surface area contributed by atoms with Crippen molar-refractivity contribution in [3.8, 4) is 0 Å². The number of hydrogen-bond acceptors (Lipinski definition) is 3. The van der Waals surface area contributed by atoms with Gasteiger partial charge in [0, 0.05) is 23.4 Å². The van der Waals surface area contributed by atoms with Crippen LogP contribution in [0.1, 0.15) is 16.7 Å². The van der Waals surface area contributed by atoms with E-state index in [1.807, 2.05) is 26.0 Å². The topological polar surface area (TPSA) is 52.0 Å². The minimum Gasteiger partial charge on any atom is -0.332 e. The van der Waals surface area contributed by atoms with Crippen molar-refractivity contribution in [3.63, 3.8) is 0 Å². The molecule has 0 saturated carbocycles. The van der Waals surface area contributed by atoms with Crippen molar-refractivity contribution in [2.24, 2.45) is 0 Å². The number of halogens is 1. The summed E-state index contributed by atoms with van der Waals surface area (Å²) in [5.41, 5.74) is 3.46. The highest BCUT2D eigenvalue weighted by Gasteiger charge is 2.13. The van der Waals surface area contributed by atoms with Gasteiger partial charge in [-0.25, -0.2) is 13.4 Å². The van der Waals surface area contributed by atoms with Gasteiger partial charge in [-0.15, -0.1) is 0 Å². The summed E-state index contributed by atoms with van der Waals surface area (Å²) in [4.78, 5) is 3.78. The Hall–Kier alpha value is -1.33. The summed E-state index contributed by atoms with van der Waals surface area (Å²) in [6.07, 6.45) is 2.90. The maximum absolute atomic E-state index is 11.1. The first kappa shape index (κ1) is 13.1. The molecule has 4 nitrogen and oxygen atoms in total. The predicted octanol–water partition coefficient (Wildman–Crippen LogP) is 2.48. The third kappa shape index (κ3) is 2.91. The van der Waals surface area contributed by atoms with Gasteiger partial charge in [-0.05, 0) is 25.0 Å². The number of aromatic nitrogens is 2. The molecule has 2 aromatic rings. The summed E-state index contributed by atoms with van der Waals surface area (Å²) in [5.74, 6) is 0. The van der Waals surface area contributed by atoms with Crippen LogP contribution in [0.25, 0.3) is 0 Å². The first-order valence-electron chi connectivity index (χ1n) is 5.39. The zero-order valence-corrected chi connectivity index (χ0v) is 11.7. The Bertz CT molecular complexity index is 677. The fourth-order valence-corrected chi connectivity index (χ4v) is 2.39. The van der Waals surface area contributed by atoms with E-state index in [9.17, 15) is 8.42 Å². The lowest BCUT2D eigenvalue weighted by Crippen LogP contribution is -1.99. The van der Waals surface area contributed by atoms with Gasteiger partial charge in [-0.2, -0.15) is 0 Å². The summed E-state index contributed by atoms with van der Waals surface area (Å²) < 4.78 is 23.9. The number of benzene rings is 1. The molecular formula is C12H13ClN2O2S. The van der Waals surface area contributed by atoms with Gasteiger partial charge in [0.1, 0.15) is 0 Å². The van der Waals surface area contributed by atoms with Crippen LogP contribution in [-0.4, -0.2) is 18.0 Å². The first-order chi connectivity index (χ1) is 8.36. The predicted molar refractivity (Wildman–Crippen MR) is 70.3 cm³/mol. The Kier molecular flexibility index (Phi) is 3.45. The highest BCUT2D eigenvalue weighted by molar-refractivity contribution is 8.13. The monoisotopic (exact) mass is 284 g/mol. The van der Waals surface area contributed by atoms with Crippen LogP contribution in [0.2, 0.25) is 0 Å². The smallest absolute Gasteiger partial charge is 0.280 e. The quantitative estimate of drug-likeness (QED) is 0.814. The minimum absolute atomic E-state index is 0.116. The van der Waals surface area contributed by atoms with Crippen LogP contribution in [0.5, 0.6) is 0 Å². The molecular weight excluding hydrogens is 272 g/mol. The van der Waals surface area contributed by atoms with E-state index in [0.29, 0.717) is 6.54 Å². The maximum Gasteiger partial charge on any atom is 0.280 e. The molecule has 0 amide bonds. The molecule has 0 spiro atoms. The summed E-state index contributed by atoms with van der Waals surface area (Å²) in [6.45, 7) is 4.61. The molecule has 96 valence electrons. The summed E-state index contributed by atoms with van der Waals surface area (Å²) >= 11 is 0. The molecule has 0 saturated heterocycles. The number of hydrogen-bond donors (Lipinski definition) is 0. The van der Waals surface area contributed by atoms with Crippen LogP contribution >= 0.6 is 10.7 Å². The second-order valence-electron chi connectivity index (χ2n) is 4.25. The average molecular weight is 285 g/mol. The van der Waals surface area contributed by atoms with Crippen LogP contribution in [0, 0.1) is 13.8 Å². The first-order valence-corrected chi connectivity index (χ1v) is 7.70. The summed E-state index contributed by atoms with van der Waals surface area (Å²) in [5, 5.41) is -0.116. The fraction of sp³-hybridized carbons (Fsp3) is 0.250. The van der Waals surface area contributed by atoms with E-state index in [0.717, 1.165) is 11.1 Å². The van der Waals surface area contributed by atoms with E-state index in [-0.39, 0.29) is 5.03 Å². The van der Waals surface area contributed by atoms with Gasteiger partial charge in [0.05, 0.1) is 6.33 Å². The van der Waals surface area contributed by atoms with E-state index in [1.54, 1.807) is 4.57 Å². The summed E-state index contributed by atoms with van der Waals surface area (Å²) in [7, 11) is 1.48. The van der Waals surface area contributed by atoms with E-state index < -0.39 is 9.05 Å². The second-order valence-corrected chi connectivity index (χ2v) is 6.76. The zero-order chi connectivity index (χ0) is 13.3. The van der Waals surface area contributed by atoms with Crippen LogP contribution in [0.15, 0.2) is 35.7 Å². The summed E-state index contributed by atoms with van der Waals surface area (Å²) in [6, 6.07) is 6.16. The van der Waals surface area contributed by atoms with Crippen molar-refractivity contribution < 1.29 is 8.42 Å². The van der Waals surface area contributed by atoms with Gasteiger partial charge in [0.15, 0.2) is 5.03 Å². The lowest BCUT2D eigenvalue weighted by Gasteiger charge is -2.07. The van der Waals surface area contributed by atoms with Crippen LogP contribution in [0.3, 0.4) is 0 Å². The maximum atomic E-state index is 11.1. The van der Waals surface area contributed by atoms with Crippen molar-refractivity contribution >= 4 is 19.7 Å². The van der Waals surface area contributed by atoms with E-state index in [2.05, 4.69) is 11.1 Å². The van der Waals surface area contributed by atoms with Gasteiger partial charge in [0.2, 0.25) is 0 Å². The molecule has 0 fully saturated rings. The molecule has 2 rings (SSSR count). The highest BCUT2D eigenvalue weighted by Crippen LogP contribution is 2.15. The van der Waals surface area contributed by atoms with Crippen LogP contribution in [0.4, 0.5) is 0 Å². The molecule has 0 bridgehead atoms. The van der Waals surface area contributed by atoms with E-state index in [4.69, 9.17) is 10.7 Å². The number of rotatable bonds is 3. The molecule has 0 aliphatic rings. The molecule has 6 heteroatoms. The van der Waals surface area contributed by atoms with Gasteiger partial charge in [-0.1, -0.05) is 23.8 Å². The third-order valence-corrected chi connectivity index (χ3v) is 3.90. The number of nitrogens with zero attached hydrogens (tertiary/aromatic N) is 2.